The van der Waals surface area contributed by atoms with E-state index >= 15 is 0 Å². The van der Waals surface area contributed by atoms with Crippen molar-refractivity contribution in [3.8, 4) is 12.1 Å². The SMILES string of the molecule is N#CCC1CCC(N2C(C3CNC3)=N[C@]34SC=CC3=NC=C[C@@H]24)CC1.N#CCC1CCC(n2c(C3CN(C(=O)O)C3)nc3cnc4ccsc4c32)CC1. The number of amidine groups is 1. The van der Waals surface area contributed by atoms with E-state index in [2.05, 4.69) is 59.8 Å². The number of aromatic nitrogens is 3. The van der Waals surface area contributed by atoms with E-state index in [0.717, 1.165) is 71.6 Å². The third-order valence-electron chi connectivity index (χ3n) is 12.5. The molecule has 7 aliphatic rings. The fourth-order valence-electron chi connectivity index (χ4n) is 9.51. The lowest BCUT2D eigenvalue weighted by Gasteiger charge is -2.44. The Morgan fingerprint density at radius 1 is 0.981 bits per heavy atom. The number of imidazole rings is 1. The zero-order valence-electron chi connectivity index (χ0n) is 29.7. The topological polar surface area (TPSA) is 159 Å². The summed E-state index contributed by atoms with van der Waals surface area (Å²) in [4.78, 5) is 34.4. The van der Waals surface area contributed by atoms with Crippen LogP contribution >= 0.6 is 23.1 Å². The summed E-state index contributed by atoms with van der Waals surface area (Å²) in [6.45, 7) is 3.08. The summed E-state index contributed by atoms with van der Waals surface area (Å²) in [5.41, 5.74) is 4.14. The van der Waals surface area contributed by atoms with Crippen LogP contribution in [0.4, 0.5) is 4.79 Å². The van der Waals surface area contributed by atoms with Gasteiger partial charge in [0.2, 0.25) is 0 Å². The van der Waals surface area contributed by atoms with Crippen molar-refractivity contribution in [2.45, 2.75) is 93.1 Å². The molecular formula is C39H44N10O2S2. The molecule has 0 bridgehead atoms. The summed E-state index contributed by atoms with van der Waals surface area (Å²) in [6.07, 6.45) is 17.6. The quantitative estimate of drug-likeness (QED) is 0.269. The highest BCUT2D eigenvalue weighted by atomic mass is 32.2. The van der Waals surface area contributed by atoms with E-state index in [9.17, 15) is 9.90 Å². The first kappa shape index (κ1) is 34.5. The van der Waals surface area contributed by atoms with Gasteiger partial charge in [0, 0.05) is 63.2 Å². The molecule has 2 saturated carbocycles. The van der Waals surface area contributed by atoms with Crippen molar-refractivity contribution in [3.05, 3.63) is 47.2 Å². The summed E-state index contributed by atoms with van der Waals surface area (Å²) >= 11 is 3.51. The van der Waals surface area contributed by atoms with E-state index in [4.69, 9.17) is 20.5 Å². The number of carbonyl (C=O) groups is 1. The van der Waals surface area contributed by atoms with Crippen molar-refractivity contribution in [2.24, 2.45) is 27.7 Å². The number of pyridine rings is 1. The predicted molar refractivity (Wildman–Crippen MR) is 208 cm³/mol. The standard InChI is InChI=1S/C20H21N5O2S.C19H23N5S/c21-7-5-12-1-3-14(4-2-12)25-17-16(9-22-15-6-8-28-18(15)17)23-19(25)13-10-24(11-13)20(26)27;20-8-5-13-1-3-15(4-2-13)24-17-6-9-22-16-7-10-25-19(16,17)23-18(24)14-11-21-12-14/h6,8-9,12-14H,1-5,10-11H2,(H,26,27);6-7,9-10,13-15,17,21H,1-5,11-12H2/t;13?,15?,17-,19+/m.1/s1. The van der Waals surface area contributed by atoms with Crippen LogP contribution in [0.2, 0.25) is 0 Å². The van der Waals surface area contributed by atoms with Gasteiger partial charge in [-0.15, -0.1) is 11.3 Å². The predicted octanol–water partition coefficient (Wildman–Crippen LogP) is 7.05. The second-order valence-electron chi connectivity index (χ2n) is 15.6. The van der Waals surface area contributed by atoms with Crippen LogP contribution in [0.1, 0.15) is 82.0 Å². The highest BCUT2D eigenvalue weighted by Gasteiger charge is 2.56. The maximum Gasteiger partial charge on any atom is 0.407 e. The first-order valence-electron chi connectivity index (χ1n) is 19.1. The van der Waals surface area contributed by atoms with Crippen LogP contribution in [0.3, 0.4) is 0 Å². The number of thioether (sulfide) groups is 1. The molecule has 2 aliphatic carbocycles. The van der Waals surface area contributed by atoms with Gasteiger partial charge in [0.15, 0.2) is 4.87 Å². The number of hydrogen-bond donors (Lipinski definition) is 2. The molecule has 5 aliphatic heterocycles. The zero-order valence-corrected chi connectivity index (χ0v) is 31.3. The molecule has 8 heterocycles. The molecule has 0 unspecified atom stereocenters. The van der Waals surface area contributed by atoms with Crippen LogP contribution in [0.5, 0.6) is 0 Å². The number of amides is 1. The number of aliphatic imine (C=N–C) groups is 2. The third kappa shape index (κ3) is 6.03. The van der Waals surface area contributed by atoms with Crippen molar-refractivity contribution >= 4 is 62.0 Å². The number of nitrogens with zero attached hydrogens (tertiary/aromatic N) is 9. The molecule has 14 heteroatoms. The molecule has 2 saturated heterocycles. The van der Waals surface area contributed by atoms with E-state index in [-0.39, 0.29) is 16.8 Å². The summed E-state index contributed by atoms with van der Waals surface area (Å²) in [7, 11) is 0. The van der Waals surface area contributed by atoms with Crippen LogP contribution in [-0.2, 0) is 0 Å². The van der Waals surface area contributed by atoms with Gasteiger partial charge in [-0.05, 0) is 92.2 Å². The third-order valence-corrected chi connectivity index (χ3v) is 14.6. The summed E-state index contributed by atoms with van der Waals surface area (Å²) in [5, 5.41) is 34.8. The molecule has 2 atom stereocenters. The molecule has 12 nitrogen and oxygen atoms in total. The number of nitrogens with one attached hydrogen (secondary N) is 1. The minimum absolute atomic E-state index is 0.135. The maximum atomic E-state index is 11.2. The molecule has 0 aromatic carbocycles. The average molecular weight is 749 g/mol. The fourth-order valence-corrected chi connectivity index (χ4v) is 11.5. The van der Waals surface area contributed by atoms with Gasteiger partial charge in [0.25, 0.3) is 0 Å². The van der Waals surface area contributed by atoms with Gasteiger partial charge in [0.05, 0.1) is 51.7 Å². The molecule has 3 aromatic rings. The fraction of sp³-hybridized carbons (Fsp3) is 0.564. The Morgan fingerprint density at radius 3 is 2.36 bits per heavy atom. The van der Waals surface area contributed by atoms with Gasteiger partial charge >= 0.3 is 6.09 Å². The Balaban J connectivity index is 0.000000141. The molecule has 1 amide bonds. The number of likely N-dealkylation sites (tertiary alicyclic amines) is 1. The average Bonchev–Trinajstić information content (AvgIpc) is 3.91. The number of rotatable bonds is 6. The first-order chi connectivity index (χ1) is 26.0. The Hall–Kier alpha value is -4.24. The van der Waals surface area contributed by atoms with Gasteiger partial charge in [-0.3, -0.25) is 9.98 Å². The smallest absolute Gasteiger partial charge is 0.407 e. The normalized spacial score (nSPS) is 30.7. The molecule has 0 radical (unpaired) electrons. The summed E-state index contributed by atoms with van der Waals surface area (Å²) in [5.74, 6) is 4.05. The van der Waals surface area contributed by atoms with Crippen LogP contribution in [0, 0.1) is 40.4 Å². The number of thiophene rings is 1. The van der Waals surface area contributed by atoms with E-state index in [1.807, 2.05) is 30.2 Å². The van der Waals surface area contributed by atoms with Crippen LogP contribution in [0.25, 0.3) is 21.3 Å². The van der Waals surface area contributed by atoms with Gasteiger partial charge in [-0.2, -0.15) is 10.5 Å². The maximum absolute atomic E-state index is 11.2. The number of carboxylic acid groups (broad SMARTS) is 1. The molecule has 2 N–H and O–H groups in total. The Kier molecular flexibility index (Phi) is 9.25. The molecule has 274 valence electrons. The van der Waals surface area contributed by atoms with Crippen molar-refractivity contribution in [1.29, 1.82) is 10.5 Å². The highest BCUT2D eigenvalue weighted by molar-refractivity contribution is 8.04. The van der Waals surface area contributed by atoms with Crippen molar-refractivity contribution in [1.82, 2.24) is 29.7 Å². The number of nitriles is 2. The monoisotopic (exact) mass is 748 g/mol. The lowest BCUT2D eigenvalue weighted by molar-refractivity contribution is 0.101. The highest BCUT2D eigenvalue weighted by Crippen LogP contribution is 2.50. The zero-order chi connectivity index (χ0) is 36.1. The van der Waals surface area contributed by atoms with Gasteiger partial charge in [0.1, 0.15) is 17.2 Å². The van der Waals surface area contributed by atoms with Crippen LogP contribution in [-0.4, -0.2) is 90.2 Å². The lowest BCUT2D eigenvalue weighted by atomic mass is 9.82. The van der Waals surface area contributed by atoms with Gasteiger partial charge in [-0.1, -0.05) is 11.8 Å². The summed E-state index contributed by atoms with van der Waals surface area (Å²) in [6, 6.07) is 7.89. The number of hydrogen-bond acceptors (Lipinski definition) is 11. The van der Waals surface area contributed by atoms with E-state index in [1.165, 1.54) is 36.4 Å². The Labute approximate surface area is 317 Å². The van der Waals surface area contributed by atoms with Gasteiger partial charge in [-0.25, -0.2) is 14.8 Å². The minimum atomic E-state index is -0.863. The van der Waals surface area contributed by atoms with E-state index in [0.29, 0.717) is 55.8 Å². The second kappa shape index (κ2) is 14.2. The number of fused-ring (bicyclic) bond motifs is 3. The van der Waals surface area contributed by atoms with Crippen molar-refractivity contribution < 1.29 is 9.90 Å². The molecule has 4 fully saturated rings. The van der Waals surface area contributed by atoms with Crippen LogP contribution in [0.15, 0.2) is 51.4 Å². The van der Waals surface area contributed by atoms with E-state index < -0.39 is 6.09 Å². The molecule has 1 spiro atoms. The molecule has 53 heavy (non-hydrogen) atoms. The first-order valence-corrected chi connectivity index (χ1v) is 20.9. The van der Waals surface area contributed by atoms with Crippen LogP contribution < -0.4 is 5.32 Å². The second-order valence-corrected chi connectivity index (χ2v) is 17.6. The lowest BCUT2D eigenvalue weighted by Crippen LogP contribution is -2.57. The molecule has 10 rings (SSSR count). The van der Waals surface area contributed by atoms with Crippen molar-refractivity contribution in [3.63, 3.8) is 0 Å². The molecule has 3 aromatic heterocycles. The largest absolute Gasteiger partial charge is 0.465 e. The molecular weight excluding hydrogens is 705 g/mol. The van der Waals surface area contributed by atoms with E-state index in [1.54, 1.807) is 11.3 Å². The Morgan fingerprint density at radius 2 is 1.70 bits per heavy atom. The minimum Gasteiger partial charge on any atom is -0.465 e. The van der Waals surface area contributed by atoms with Crippen molar-refractivity contribution in [2.75, 3.05) is 26.2 Å². The summed E-state index contributed by atoms with van der Waals surface area (Å²) < 4.78 is 3.55. The van der Waals surface area contributed by atoms with Gasteiger partial charge < -0.3 is 24.8 Å². The Bertz CT molecular complexity index is 2100.